The van der Waals surface area contributed by atoms with Gasteiger partial charge in [0.25, 0.3) is 0 Å². The number of fused-ring (bicyclic) bond motifs is 2. The van der Waals surface area contributed by atoms with E-state index in [9.17, 15) is 4.39 Å². The van der Waals surface area contributed by atoms with Crippen LogP contribution in [0.4, 0.5) is 4.39 Å². The number of halogens is 3. The minimum absolute atomic E-state index is 0.207. The molecule has 0 radical (unpaired) electrons. The van der Waals surface area contributed by atoms with Gasteiger partial charge in [-0.3, -0.25) is 0 Å². The quantitative estimate of drug-likeness (QED) is 0.243. The molecule has 0 bridgehead atoms. The van der Waals surface area contributed by atoms with Crippen LogP contribution in [0.2, 0.25) is 0 Å². The van der Waals surface area contributed by atoms with Crippen LogP contribution in [0.3, 0.4) is 0 Å². The summed E-state index contributed by atoms with van der Waals surface area (Å²) < 4.78 is 15.0. The molecule has 0 saturated carbocycles. The van der Waals surface area contributed by atoms with Crippen molar-refractivity contribution in [3.05, 3.63) is 93.9 Å². The minimum atomic E-state index is -0.207. The van der Waals surface area contributed by atoms with E-state index in [0.717, 1.165) is 24.3 Å². The Kier molecular flexibility index (Phi) is 5.90. The molecule has 0 aliphatic heterocycles. The lowest BCUT2D eigenvalue weighted by Gasteiger charge is -2.00. The number of nitrogens with one attached hydrogen (secondary N) is 2. The first-order valence-electron chi connectivity index (χ1n) is 8.51. The Morgan fingerprint density at radius 1 is 0.750 bits per heavy atom. The molecule has 140 valence electrons. The first kappa shape index (κ1) is 19.3. The molecule has 2 N–H and O–H groups in total. The molecule has 0 saturated heterocycles. The summed E-state index contributed by atoms with van der Waals surface area (Å²) in [5, 5.41) is 2.41. The van der Waals surface area contributed by atoms with Gasteiger partial charge >= 0.3 is 0 Å². The third-order valence-corrected chi connectivity index (χ3v) is 6.21. The topological polar surface area (TPSA) is 31.6 Å². The molecular formula is C22H15Br2FN2S. The van der Waals surface area contributed by atoms with Gasteiger partial charge in [0.1, 0.15) is 5.82 Å². The van der Waals surface area contributed by atoms with Crippen LogP contribution >= 0.6 is 43.6 Å². The standard InChI is InChI=1S/C14H9BrFNS.C8H6BrN/c15-9-1-6-13-12(7-9)14(8-17-13)18-11-4-2-10(16)3-5-11;9-7-1-2-8-6(5-7)3-4-10-8/h1-8,17H;1-5,10H. The number of hydrogen-bond acceptors (Lipinski definition) is 1. The molecule has 2 aromatic heterocycles. The average molecular weight is 518 g/mol. The predicted octanol–water partition coefficient (Wildman–Crippen LogP) is 8.15. The Morgan fingerprint density at radius 3 is 2.25 bits per heavy atom. The van der Waals surface area contributed by atoms with Gasteiger partial charge in [-0.2, -0.15) is 0 Å². The van der Waals surface area contributed by atoms with Crippen molar-refractivity contribution in [1.82, 2.24) is 9.97 Å². The highest BCUT2D eigenvalue weighted by Crippen LogP contribution is 2.34. The second-order valence-corrected chi connectivity index (χ2v) is 9.05. The zero-order valence-corrected chi connectivity index (χ0v) is 18.5. The van der Waals surface area contributed by atoms with E-state index < -0.39 is 0 Å². The van der Waals surface area contributed by atoms with Crippen molar-refractivity contribution in [3.63, 3.8) is 0 Å². The molecule has 2 heterocycles. The highest BCUT2D eigenvalue weighted by Gasteiger charge is 2.06. The molecule has 0 fully saturated rings. The molecule has 5 rings (SSSR count). The molecule has 2 nitrogen and oxygen atoms in total. The van der Waals surface area contributed by atoms with E-state index in [4.69, 9.17) is 0 Å². The summed E-state index contributed by atoms with van der Waals surface area (Å²) in [4.78, 5) is 8.52. The molecule has 6 heteroatoms. The Hall–Kier alpha value is -2.02. The zero-order chi connectivity index (χ0) is 19.5. The van der Waals surface area contributed by atoms with Crippen LogP contribution < -0.4 is 0 Å². The summed E-state index contributed by atoms with van der Waals surface area (Å²) in [6, 6.07) is 20.9. The van der Waals surface area contributed by atoms with E-state index in [1.807, 2.05) is 30.6 Å². The molecule has 0 unspecified atom stereocenters. The number of rotatable bonds is 2. The van der Waals surface area contributed by atoms with Crippen molar-refractivity contribution in [2.24, 2.45) is 0 Å². The lowest BCUT2D eigenvalue weighted by atomic mass is 10.2. The van der Waals surface area contributed by atoms with Crippen molar-refractivity contribution in [3.8, 4) is 0 Å². The van der Waals surface area contributed by atoms with Gasteiger partial charge in [0.2, 0.25) is 0 Å². The fraction of sp³-hybridized carbons (Fsp3) is 0. The van der Waals surface area contributed by atoms with E-state index >= 15 is 0 Å². The molecular weight excluding hydrogens is 503 g/mol. The number of hydrogen-bond donors (Lipinski definition) is 2. The largest absolute Gasteiger partial charge is 0.361 e. The highest BCUT2D eigenvalue weighted by atomic mass is 79.9. The predicted molar refractivity (Wildman–Crippen MR) is 123 cm³/mol. The molecule has 28 heavy (non-hydrogen) atoms. The van der Waals surface area contributed by atoms with Crippen molar-refractivity contribution >= 4 is 65.4 Å². The molecule has 0 aliphatic rings. The van der Waals surface area contributed by atoms with Gasteiger partial charge in [0.05, 0.1) is 0 Å². The van der Waals surface area contributed by atoms with E-state index in [0.29, 0.717) is 0 Å². The SMILES string of the molecule is Brc1ccc2[nH]ccc2c1.Fc1ccc(Sc2c[nH]c3ccc(Br)cc23)cc1. The van der Waals surface area contributed by atoms with E-state index in [2.05, 4.69) is 66.1 Å². The second kappa shape index (κ2) is 8.55. The van der Waals surface area contributed by atoms with Crippen LogP contribution in [0, 0.1) is 5.82 Å². The van der Waals surface area contributed by atoms with Gasteiger partial charge in [0, 0.05) is 52.9 Å². The Morgan fingerprint density at radius 2 is 1.46 bits per heavy atom. The molecule has 5 aromatic rings. The fourth-order valence-corrected chi connectivity index (χ4v) is 4.47. The maximum absolute atomic E-state index is 12.8. The Balaban J connectivity index is 0.000000162. The first-order chi connectivity index (χ1) is 13.6. The Labute approximate surface area is 182 Å². The number of H-pyrrole nitrogens is 2. The fourth-order valence-electron chi connectivity index (χ4n) is 2.81. The summed E-state index contributed by atoms with van der Waals surface area (Å²) in [6.07, 6.45) is 3.92. The van der Waals surface area contributed by atoms with E-state index in [1.54, 1.807) is 23.9 Å². The minimum Gasteiger partial charge on any atom is -0.361 e. The average Bonchev–Trinajstić information content (AvgIpc) is 3.30. The lowest BCUT2D eigenvalue weighted by molar-refractivity contribution is 0.626. The summed E-state index contributed by atoms with van der Waals surface area (Å²) in [5.41, 5.74) is 2.28. The Bertz CT molecular complexity index is 1230. The van der Waals surface area contributed by atoms with Crippen LogP contribution in [0.5, 0.6) is 0 Å². The number of benzene rings is 3. The zero-order valence-electron chi connectivity index (χ0n) is 14.5. The molecule has 3 aromatic carbocycles. The maximum atomic E-state index is 12.8. The van der Waals surface area contributed by atoms with Crippen LogP contribution in [0.1, 0.15) is 0 Å². The van der Waals surface area contributed by atoms with Gasteiger partial charge in [-0.25, -0.2) is 4.39 Å². The molecule has 0 amide bonds. The third-order valence-electron chi connectivity index (χ3n) is 4.16. The maximum Gasteiger partial charge on any atom is 0.123 e. The normalized spacial score (nSPS) is 10.8. The lowest BCUT2D eigenvalue weighted by Crippen LogP contribution is -1.74. The van der Waals surface area contributed by atoms with Gasteiger partial charge in [-0.15, -0.1) is 0 Å². The van der Waals surface area contributed by atoms with Crippen molar-refractivity contribution in [2.75, 3.05) is 0 Å². The summed E-state index contributed by atoms with van der Waals surface area (Å²) in [6.45, 7) is 0. The van der Waals surface area contributed by atoms with Crippen LogP contribution in [0.25, 0.3) is 21.8 Å². The van der Waals surface area contributed by atoms with Gasteiger partial charge in [-0.05, 0) is 66.7 Å². The van der Waals surface area contributed by atoms with Gasteiger partial charge in [0.15, 0.2) is 0 Å². The van der Waals surface area contributed by atoms with Crippen LogP contribution in [-0.2, 0) is 0 Å². The van der Waals surface area contributed by atoms with Gasteiger partial charge in [-0.1, -0.05) is 43.6 Å². The summed E-state index contributed by atoms with van der Waals surface area (Å²) >= 11 is 8.50. The smallest absolute Gasteiger partial charge is 0.123 e. The molecule has 0 spiro atoms. The van der Waals surface area contributed by atoms with Crippen LogP contribution in [-0.4, -0.2) is 9.97 Å². The highest BCUT2D eigenvalue weighted by molar-refractivity contribution is 9.10. The van der Waals surface area contributed by atoms with E-state index in [-0.39, 0.29) is 5.82 Å². The third kappa shape index (κ3) is 4.51. The second-order valence-electron chi connectivity index (χ2n) is 6.11. The number of aromatic nitrogens is 2. The summed E-state index contributed by atoms with van der Waals surface area (Å²) in [5.74, 6) is -0.207. The van der Waals surface area contributed by atoms with E-state index in [1.165, 1.54) is 28.4 Å². The van der Waals surface area contributed by atoms with Gasteiger partial charge < -0.3 is 9.97 Å². The van der Waals surface area contributed by atoms with Crippen LogP contribution in [0.15, 0.2) is 97.9 Å². The molecule has 0 atom stereocenters. The number of aromatic amines is 2. The monoisotopic (exact) mass is 516 g/mol. The van der Waals surface area contributed by atoms with Crippen molar-refractivity contribution in [1.29, 1.82) is 0 Å². The molecule has 0 aliphatic carbocycles. The van der Waals surface area contributed by atoms with Crippen molar-refractivity contribution in [2.45, 2.75) is 9.79 Å². The van der Waals surface area contributed by atoms with Crippen molar-refractivity contribution < 1.29 is 4.39 Å². The summed E-state index contributed by atoms with van der Waals surface area (Å²) in [7, 11) is 0. The first-order valence-corrected chi connectivity index (χ1v) is 10.9.